The van der Waals surface area contributed by atoms with Crippen LogP contribution < -0.4 is 5.63 Å². The van der Waals surface area contributed by atoms with E-state index >= 15 is 0 Å². The summed E-state index contributed by atoms with van der Waals surface area (Å²) < 4.78 is 5.18. The van der Waals surface area contributed by atoms with Crippen molar-refractivity contribution in [1.82, 2.24) is 4.98 Å². The van der Waals surface area contributed by atoms with Gasteiger partial charge in [0.05, 0.1) is 0 Å². The smallest absolute Gasteiger partial charge is 0.336 e. The Labute approximate surface area is 91.7 Å². The standard InChI is InChI=1S/C13H11NO2/c1-7-3-13(15)16-12-6-11-9(5-10(7)12)4-8(2)14-11/h3-6,14H,1-2H3. The molecule has 0 unspecified atom stereocenters. The van der Waals surface area contributed by atoms with E-state index in [1.807, 2.05) is 26.0 Å². The Kier molecular flexibility index (Phi) is 1.72. The van der Waals surface area contributed by atoms with Crippen LogP contribution in [0.1, 0.15) is 11.3 Å². The van der Waals surface area contributed by atoms with Gasteiger partial charge >= 0.3 is 5.63 Å². The molecule has 0 saturated heterocycles. The summed E-state index contributed by atoms with van der Waals surface area (Å²) in [6, 6.07) is 7.53. The zero-order valence-electron chi connectivity index (χ0n) is 9.13. The molecule has 16 heavy (non-hydrogen) atoms. The highest BCUT2D eigenvalue weighted by Crippen LogP contribution is 2.24. The average Bonchev–Trinajstić information content (AvgIpc) is 2.54. The van der Waals surface area contributed by atoms with Gasteiger partial charge in [-0.05, 0) is 31.5 Å². The van der Waals surface area contributed by atoms with Gasteiger partial charge in [0, 0.05) is 34.1 Å². The predicted molar refractivity (Wildman–Crippen MR) is 63.8 cm³/mol. The molecule has 0 saturated carbocycles. The average molecular weight is 213 g/mol. The Morgan fingerprint density at radius 3 is 2.75 bits per heavy atom. The first-order valence-corrected chi connectivity index (χ1v) is 5.17. The van der Waals surface area contributed by atoms with Crippen molar-refractivity contribution in [3.05, 3.63) is 45.9 Å². The second-order valence-corrected chi connectivity index (χ2v) is 4.14. The maximum atomic E-state index is 11.3. The van der Waals surface area contributed by atoms with E-state index in [0.717, 1.165) is 27.5 Å². The van der Waals surface area contributed by atoms with Crippen molar-refractivity contribution in [3.8, 4) is 0 Å². The Balaban J connectivity index is 2.55. The van der Waals surface area contributed by atoms with Crippen LogP contribution in [0.2, 0.25) is 0 Å². The first kappa shape index (κ1) is 9.21. The Morgan fingerprint density at radius 1 is 1.12 bits per heavy atom. The summed E-state index contributed by atoms with van der Waals surface area (Å²) in [5, 5.41) is 2.13. The molecular formula is C13H11NO2. The van der Waals surface area contributed by atoms with Crippen LogP contribution in [0.4, 0.5) is 0 Å². The van der Waals surface area contributed by atoms with Crippen molar-refractivity contribution in [1.29, 1.82) is 0 Å². The number of nitrogens with one attached hydrogen (secondary N) is 1. The maximum absolute atomic E-state index is 11.3. The monoisotopic (exact) mass is 213 g/mol. The Bertz CT molecular complexity index is 750. The van der Waals surface area contributed by atoms with Gasteiger partial charge in [-0.2, -0.15) is 0 Å². The number of aromatic amines is 1. The Hall–Kier alpha value is -2.03. The third kappa shape index (κ3) is 1.25. The van der Waals surface area contributed by atoms with Gasteiger partial charge in [0.25, 0.3) is 0 Å². The fourth-order valence-electron chi connectivity index (χ4n) is 2.09. The first-order chi connectivity index (χ1) is 7.63. The molecule has 0 bridgehead atoms. The number of aryl methyl sites for hydroxylation is 2. The molecule has 3 heteroatoms. The Morgan fingerprint density at radius 2 is 1.94 bits per heavy atom. The van der Waals surface area contributed by atoms with E-state index in [9.17, 15) is 4.79 Å². The molecule has 0 amide bonds. The third-order valence-electron chi connectivity index (χ3n) is 2.83. The molecule has 3 nitrogen and oxygen atoms in total. The van der Waals surface area contributed by atoms with Crippen LogP contribution >= 0.6 is 0 Å². The van der Waals surface area contributed by atoms with E-state index < -0.39 is 0 Å². The minimum atomic E-state index is -0.298. The third-order valence-corrected chi connectivity index (χ3v) is 2.83. The van der Waals surface area contributed by atoms with Crippen LogP contribution in [0.3, 0.4) is 0 Å². The van der Waals surface area contributed by atoms with E-state index in [4.69, 9.17) is 4.42 Å². The van der Waals surface area contributed by atoms with E-state index in [0.29, 0.717) is 5.58 Å². The van der Waals surface area contributed by atoms with Crippen LogP contribution in [0.15, 0.2) is 33.5 Å². The summed E-state index contributed by atoms with van der Waals surface area (Å²) in [5.41, 5.74) is 3.39. The highest BCUT2D eigenvalue weighted by molar-refractivity contribution is 5.95. The van der Waals surface area contributed by atoms with Crippen molar-refractivity contribution in [2.45, 2.75) is 13.8 Å². The number of rotatable bonds is 0. The zero-order chi connectivity index (χ0) is 11.3. The summed E-state index contributed by atoms with van der Waals surface area (Å²) in [7, 11) is 0. The molecule has 2 aromatic heterocycles. The summed E-state index contributed by atoms with van der Waals surface area (Å²) in [5.74, 6) is 0. The molecule has 0 radical (unpaired) electrons. The van der Waals surface area contributed by atoms with Gasteiger partial charge in [-0.25, -0.2) is 4.79 Å². The highest BCUT2D eigenvalue weighted by atomic mass is 16.4. The van der Waals surface area contributed by atoms with Gasteiger partial charge in [-0.15, -0.1) is 0 Å². The fourth-order valence-corrected chi connectivity index (χ4v) is 2.09. The lowest BCUT2D eigenvalue weighted by molar-refractivity contribution is 0.560. The van der Waals surface area contributed by atoms with Gasteiger partial charge in [-0.1, -0.05) is 0 Å². The molecule has 2 heterocycles. The van der Waals surface area contributed by atoms with Crippen molar-refractivity contribution < 1.29 is 4.42 Å². The molecular weight excluding hydrogens is 202 g/mol. The molecule has 0 fully saturated rings. The SMILES string of the molecule is Cc1cc2cc3c(C)cc(=O)oc3cc2[nH]1. The lowest BCUT2D eigenvalue weighted by Crippen LogP contribution is -1.97. The van der Waals surface area contributed by atoms with Gasteiger partial charge in [0.2, 0.25) is 0 Å². The van der Waals surface area contributed by atoms with Crippen LogP contribution in [0.25, 0.3) is 21.9 Å². The predicted octanol–water partition coefficient (Wildman–Crippen LogP) is 2.89. The van der Waals surface area contributed by atoms with Gasteiger partial charge < -0.3 is 9.40 Å². The summed E-state index contributed by atoms with van der Waals surface area (Å²) in [4.78, 5) is 14.5. The summed E-state index contributed by atoms with van der Waals surface area (Å²) in [6.45, 7) is 3.93. The first-order valence-electron chi connectivity index (χ1n) is 5.17. The largest absolute Gasteiger partial charge is 0.423 e. The molecule has 1 N–H and O–H groups in total. The molecule has 3 aromatic rings. The fraction of sp³-hybridized carbons (Fsp3) is 0.154. The van der Waals surface area contributed by atoms with Crippen molar-refractivity contribution in [3.63, 3.8) is 0 Å². The number of aromatic nitrogens is 1. The minimum absolute atomic E-state index is 0.298. The maximum Gasteiger partial charge on any atom is 0.336 e. The van der Waals surface area contributed by atoms with Crippen molar-refractivity contribution in [2.75, 3.05) is 0 Å². The summed E-state index contributed by atoms with van der Waals surface area (Å²) >= 11 is 0. The molecule has 0 atom stereocenters. The second kappa shape index (κ2) is 2.98. The second-order valence-electron chi connectivity index (χ2n) is 4.14. The molecule has 3 rings (SSSR count). The van der Waals surface area contributed by atoms with E-state index in [1.165, 1.54) is 6.07 Å². The van der Waals surface area contributed by atoms with Crippen LogP contribution in [0, 0.1) is 13.8 Å². The molecule has 0 aliphatic rings. The van der Waals surface area contributed by atoms with E-state index in [2.05, 4.69) is 11.1 Å². The zero-order valence-corrected chi connectivity index (χ0v) is 9.13. The quantitative estimate of drug-likeness (QED) is 0.583. The van der Waals surface area contributed by atoms with E-state index in [1.54, 1.807) is 0 Å². The van der Waals surface area contributed by atoms with Crippen molar-refractivity contribution in [2.24, 2.45) is 0 Å². The number of H-pyrrole nitrogens is 1. The molecule has 0 aliphatic heterocycles. The van der Waals surface area contributed by atoms with Gasteiger partial charge in [0.1, 0.15) is 5.58 Å². The van der Waals surface area contributed by atoms with Crippen LogP contribution in [-0.4, -0.2) is 4.98 Å². The highest BCUT2D eigenvalue weighted by Gasteiger charge is 2.05. The molecule has 0 spiro atoms. The number of fused-ring (bicyclic) bond motifs is 2. The van der Waals surface area contributed by atoms with Crippen LogP contribution in [-0.2, 0) is 0 Å². The number of benzene rings is 1. The van der Waals surface area contributed by atoms with Crippen molar-refractivity contribution >= 4 is 21.9 Å². The number of hydrogen-bond acceptors (Lipinski definition) is 2. The molecule has 80 valence electrons. The lowest BCUT2D eigenvalue weighted by atomic mass is 10.1. The van der Waals surface area contributed by atoms with Crippen LogP contribution in [0.5, 0.6) is 0 Å². The van der Waals surface area contributed by atoms with Gasteiger partial charge in [-0.3, -0.25) is 0 Å². The lowest BCUT2D eigenvalue weighted by Gasteiger charge is -2.00. The molecule has 1 aromatic carbocycles. The summed E-state index contributed by atoms with van der Waals surface area (Å²) in [6.07, 6.45) is 0. The normalized spacial score (nSPS) is 11.4. The van der Waals surface area contributed by atoms with Gasteiger partial charge in [0.15, 0.2) is 0 Å². The van der Waals surface area contributed by atoms with E-state index in [-0.39, 0.29) is 5.63 Å². The minimum Gasteiger partial charge on any atom is -0.423 e. The number of hydrogen-bond donors (Lipinski definition) is 1. The topological polar surface area (TPSA) is 46.0 Å². The molecule has 0 aliphatic carbocycles.